The molecule has 3 aromatic rings. The summed E-state index contributed by atoms with van der Waals surface area (Å²) in [5.74, 6) is -0.473. The molecule has 0 spiro atoms. The van der Waals surface area contributed by atoms with Gasteiger partial charge in [-0.1, -0.05) is 12.1 Å². The highest BCUT2D eigenvalue weighted by atomic mass is 16.6. The summed E-state index contributed by atoms with van der Waals surface area (Å²) in [5, 5.41) is 23.3. The van der Waals surface area contributed by atoms with Gasteiger partial charge in [0.1, 0.15) is 11.1 Å². The summed E-state index contributed by atoms with van der Waals surface area (Å²) in [6, 6.07) is 11.6. The van der Waals surface area contributed by atoms with Gasteiger partial charge in [-0.3, -0.25) is 15.1 Å². The number of allylic oxidation sites excluding steroid dienone is 1. The molecule has 12 nitrogen and oxygen atoms in total. The van der Waals surface area contributed by atoms with E-state index in [1.807, 2.05) is 6.08 Å². The summed E-state index contributed by atoms with van der Waals surface area (Å²) in [6.07, 6.45) is 7.05. The van der Waals surface area contributed by atoms with Crippen molar-refractivity contribution in [1.82, 2.24) is 15.0 Å². The molecule has 1 unspecified atom stereocenters. The monoisotopic (exact) mass is 498 g/mol. The molecule has 0 radical (unpaired) electrons. The first-order valence-corrected chi connectivity index (χ1v) is 11.3. The number of carbonyl (C=O) groups is 1. The first kappa shape index (κ1) is 24.9. The molecule has 12 heteroatoms. The Labute approximate surface area is 211 Å². The Kier molecular flexibility index (Phi) is 7.15. The van der Waals surface area contributed by atoms with Crippen LogP contribution in [-0.4, -0.2) is 45.2 Å². The zero-order valence-corrected chi connectivity index (χ0v) is 19.8. The van der Waals surface area contributed by atoms with Crippen LogP contribution in [-0.2, 0) is 10.3 Å². The number of hydrogen-bond donors (Lipinski definition) is 2. The molecular weight excluding hydrogens is 476 g/mol. The zero-order chi connectivity index (χ0) is 26.4. The van der Waals surface area contributed by atoms with Crippen molar-refractivity contribution in [3.05, 3.63) is 81.7 Å². The molecule has 0 saturated heterocycles. The van der Waals surface area contributed by atoms with Crippen molar-refractivity contribution in [1.29, 1.82) is 5.26 Å². The summed E-state index contributed by atoms with van der Waals surface area (Å²) in [6.45, 7) is 2.26. The Balaban J connectivity index is 1.57. The highest BCUT2D eigenvalue weighted by Gasteiger charge is 2.33. The number of rotatable bonds is 9. The summed E-state index contributed by atoms with van der Waals surface area (Å²) in [5.41, 5.74) is 6.79. The SMILES string of the molecule is CCOC(=O)c1cnc(NCCC2(c3ccc([N+](=O)[O-])c(N)n3)C=CC=N2)nc1-c1ccc(C#N)cc1. The van der Waals surface area contributed by atoms with Crippen LogP contribution in [0.25, 0.3) is 11.3 Å². The number of nitrogens with two attached hydrogens (primary N) is 1. The van der Waals surface area contributed by atoms with Gasteiger partial charge in [-0.2, -0.15) is 5.26 Å². The largest absolute Gasteiger partial charge is 0.462 e. The fraction of sp³-hybridized carbons (Fsp3) is 0.200. The summed E-state index contributed by atoms with van der Waals surface area (Å²) in [7, 11) is 0. The molecule has 3 N–H and O–H groups in total. The lowest BCUT2D eigenvalue weighted by atomic mass is 9.91. The van der Waals surface area contributed by atoms with Gasteiger partial charge < -0.3 is 15.8 Å². The highest BCUT2D eigenvalue weighted by molar-refractivity contribution is 5.96. The van der Waals surface area contributed by atoms with E-state index < -0.39 is 16.4 Å². The Hall–Kier alpha value is -5.18. The van der Waals surface area contributed by atoms with Gasteiger partial charge in [0.2, 0.25) is 11.8 Å². The number of nitrogen functional groups attached to an aromatic ring is 1. The highest BCUT2D eigenvalue weighted by Crippen LogP contribution is 2.35. The number of hydrogen-bond acceptors (Lipinski definition) is 11. The smallest absolute Gasteiger partial charge is 0.341 e. The van der Waals surface area contributed by atoms with Gasteiger partial charge in [0, 0.05) is 30.6 Å². The Morgan fingerprint density at radius 3 is 2.65 bits per heavy atom. The average molecular weight is 499 g/mol. The third-order valence-corrected chi connectivity index (χ3v) is 5.67. The minimum Gasteiger partial charge on any atom is -0.462 e. The number of pyridine rings is 1. The van der Waals surface area contributed by atoms with Gasteiger partial charge in [0.15, 0.2) is 0 Å². The third kappa shape index (κ3) is 5.25. The van der Waals surface area contributed by atoms with Crippen LogP contribution in [0.2, 0.25) is 0 Å². The van der Waals surface area contributed by atoms with Gasteiger partial charge >= 0.3 is 11.7 Å². The number of anilines is 2. The van der Waals surface area contributed by atoms with Crippen LogP contribution in [0.1, 0.15) is 35.0 Å². The van der Waals surface area contributed by atoms with Crippen LogP contribution in [0.3, 0.4) is 0 Å². The standard InChI is InChI=1S/C25H22N8O4/c1-2-37-23(34)18-15-29-24(32-21(18)17-6-4-16(14-26)5-7-17)28-13-11-25(10-3-12-30-25)20-9-8-19(33(35)36)22(27)31-20/h3-10,12,15H,2,11,13H2,1H3,(H2,27,31)(H,28,29,32). The van der Waals surface area contributed by atoms with Crippen LogP contribution in [0.4, 0.5) is 17.5 Å². The number of ether oxygens (including phenoxy) is 1. The van der Waals surface area contributed by atoms with E-state index in [2.05, 4.69) is 31.3 Å². The quantitative estimate of drug-likeness (QED) is 0.252. The van der Waals surface area contributed by atoms with E-state index in [-0.39, 0.29) is 29.6 Å². The predicted molar refractivity (Wildman–Crippen MR) is 136 cm³/mol. The lowest BCUT2D eigenvalue weighted by molar-refractivity contribution is -0.384. The van der Waals surface area contributed by atoms with Crippen molar-refractivity contribution in [3.63, 3.8) is 0 Å². The maximum atomic E-state index is 12.5. The molecule has 1 aliphatic rings. The fourth-order valence-corrected chi connectivity index (χ4v) is 3.82. The first-order chi connectivity index (χ1) is 17.9. The van der Waals surface area contributed by atoms with E-state index in [1.54, 1.807) is 43.5 Å². The van der Waals surface area contributed by atoms with Crippen LogP contribution >= 0.6 is 0 Å². The third-order valence-electron chi connectivity index (χ3n) is 5.67. The predicted octanol–water partition coefficient (Wildman–Crippen LogP) is 3.42. The van der Waals surface area contributed by atoms with E-state index in [9.17, 15) is 14.9 Å². The topological polar surface area (TPSA) is 182 Å². The zero-order valence-electron chi connectivity index (χ0n) is 19.8. The lowest BCUT2D eigenvalue weighted by Gasteiger charge is -2.24. The summed E-state index contributed by atoms with van der Waals surface area (Å²) >= 11 is 0. The van der Waals surface area contributed by atoms with Crippen molar-refractivity contribution in [2.24, 2.45) is 4.99 Å². The molecule has 37 heavy (non-hydrogen) atoms. The molecule has 3 heterocycles. The fourth-order valence-electron chi connectivity index (χ4n) is 3.82. The normalized spacial score (nSPS) is 15.8. The molecule has 2 aromatic heterocycles. The minimum absolute atomic E-state index is 0.185. The second-order valence-electron chi connectivity index (χ2n) is 7.96. The van der Waals surface area contributed by atoms with E-state index in [1.165, 1.54) is 18.3 Å². The number of nitrogens with one attached hydrogen (secondary N) is 1. The van der Waals surface area contributed by atoms with Crippen LogP contribution < -0.4 is 11.1 Å². The van der Waals surface area contributed by atoms with Gasteiger partial charge in [-0.25, -0.2) is 19.7 Å². The van der Waals surface area contributed by atoms with E-state index in [4.69, 9.17) is 15.7 Å². The molecule has 0 amide bonds. The number of nitrogens with zero attached hydrogens (tertiary/aromatic N) is 6. The average Bonchev–Trinajstić information content (AvgIpc) is 3.38. The Bertz CT molecular complexity index is 1430. The van der Waals surface area contributed by atoms with Crippen molar-refractivity contribution in [2.75, 3.05) is 24.2 Å². The Morgan fingerprint density at radius 2 is 2.03 bits per heavy atom. The van der Waals surface area contributed by atoms with Crippen LogP contribution in [0.5, 0.6) is 0 Å². The van der Waals surface area contributed by atoms with E-state index >= 15 is 0 Å². The molecule has 1 aliphatic heterocycles. The molecule has 1 atom stereocenters. The second-order valence-corrected chi connectivity index (χ2v) is 7.96. The number of aliphatic imine (C=N–C) groups is 1. The second kappa shape index (κ2) is 10.6. The van der Waals surface area contributed by atoms with Crippen molar-refractivity contribution >= 4 is 29.6 Å². The molecule has 0 saturated carbocycles. The van der Waals surface area contributed by atoms with Crippen molar-refractivity contribution in [2.45, 2.75) is 18.9 Å². The number of carbonyl (C=O) groups excluding carboxylic acids is 1. The van der Waals surface area contributed by atoms with Gasteiger partial charge in [-0.05, 0) is 43.7 Å². The molecule has 4 rings (SSSR count). The maximum Gasteiger partial charge on any atom is 0.341 e. The van der Waals surface area contributed by atoms with Crippen LogP contribution in [0, 0.1) is 21.4 Å². The van der Waals surface area contributed by atoms with Crippen molar-refractivity contribution < 1.29 is 14.5 Å². The molecule has 0 fully saturated rings. The number of nitro groups is 1. The number of aromatic nitrogens is 3. The van der Waals surface area contributed by atoms with Crippen LogP contribution in [0.15, 0.2) is 59.7 Å². The lowest BCUT2D eigenvalue weighted by Crippen LogP contribution is -2.25. The summed E-state index contributed by atoms with van der Waals surface area (Å²) < 4.78 is 5.14. The number of benzene rings is 1. The van der Waals surface area contributed by atoms with E-state index in [0.29, 0.717) is 35.5 Å². The Morgan fingerprint density at radius 1 is 1.24 bits per heavy atom. The molecule has 0 aliphatic carbocycles. The van der Waals surface area contributed by atoms with Gasteiger partial charge in [0.25, 0.3) is 0 Å². The molecule has 0 bridgehead atoms. The van der Waals surface area contributed by atoms with Gasteiger partial charge in [-0.15, -0.1) is 0 Å². The number of nitriles is 1. The van der Waals surface area contributed by atoms with Crippen molar-refractivity contribution in [3.8, 4) is 17.3 Å². The first-order valence-electron chi connectivity index (χ1n) is 11.3. The van der Waals surface area contributed by atoms with E-state index in [0.717, 1.165) is 0 Å². The summed E-state index contributed by atoms with van der Waals surface area (Å²) in [4.78, 5) is 40.6. The molecular formula is C25H22N8O4. The van der Waals surface area contributed by atoms with Gasteiger partial charge in [0.05, 0.1) is 34.6 Å². The molecule has 186 valence electrons. The minimum atomic E-state index is -0.864. The maximum absolute atomic E-state index is 12.5. The molecule has 1 aromatic carbocycles. The number of esters is 1.